The Morgan fingerprint density at radius 1 is 1.73 bits per heavy atom. The van der Waals surface area contributed by atoms with E-state index in [0.717, 1.165) is 24.1 Å². The van der Waals surface area contributed by atoms with Crippen molar-refractivity contribution in [2.45, 2.75) is 25.7 Å². The number of aromatic nitrogens is 1. The average Bonchev–Trinajstić information content (AvgIpc) is 2.58. The second kappa shape index (κ2) is 3.51. The number of fused-ring (bicyclic) bond motifs is 1. The minimum atomic E-state index is -1.00. The Kier molecular flexibility index (Phi) is 2.32. The minimum absolute atomic E-state index is 0.144. The van der Waals surface area contributed by atoms with Crippen molar-refractivity contribution in [1.82, 2.24) is 4.98 Å². The minimum Gasteiger partial charge on any atom is -0.478 e. The van der Waals surface area contributed by atoms with E-state index < -0.39 is 5.97 Å². The normalized spacial score (nSPS) is 18.7. The Morgan fingerprint density at radius 3 is 3.07 bits per heavy atom. The summed E-state index contributed by atoms with van der Waals surface area (Å²) in [6, 6.07) is 1.68. The van der Waals surface area contributed by atoms with Gasteiger partial charge >= 0.3 is 5.97 Å². The molecular formula is C10H13N3O2. The molecule has 0 aromatic carbocycles. The van der Waals surface area contributed by atoms with E-state index in [4.69, 9.17) is 10.9 Å². The maximum Gasteiger partial charge on any atom is 0.339 e. The third kappa shape index (κ3) is 1.55. The Morgan fingerprint density at radius 2 is 2.47 bits per heavy atom. The van der Waals surface area contributed by atoms with E-state index in [-0.39, 0.29) is 11.4 Å². The van der Waals surface area contributed by atoms with Crippen molar-refractivity contribution in [1.29, 1.82) is 0 Å². The number of rotatable bonds is 2. The van der Waals surface area contributed by atoms with Gasteiger partial charge < -0.3 is 10.5 Å². The monoisotopic (exact) mass is 207 g/mol. The van der Waals surface area contributed by atoms with Crippen LogP contribution in [0.15, 0.2) is 6.07 Å². The van der Waals surface area contributed by atoms with Crippen LogP contribution in [0, 0.1) is 0 Å². The zero-order chi connectivity index (χ0) is 11.0. The molecule has 1 aliphatic carbocycles. The van der Waals surface area contributed by atoms with Crippen molar-refractivity contribution in [3.05, 3.63) is 22.9 Å². The van der Waals surface area contributed by atoms with E-state index >= 15 is 0 Å². The predicted octanol–water partition coefficient (Wildman–Crippen LogP) is 1.12. The number of anilines is 1. The van der Waals surface area contributed by atoms with Crippen LogP contribution in [0.4, 0.5) is 5.82 Å². The Labute approximate surface area is 87.3 Å². The maximum absolute atomic E-state index is 11.0. The first-order chi connectivity index (χ1) is 7.13. The molecule has 2 rings (SSSR count). The van der Waals surface area contributed by atoms with Crippen LogP contribution in [0.2, 0.25) is 0 Å². The molecule has 1 aromatic heterocycles. The second-order valence-electron chi connectivity index (χ2n) is 3.81. The molecule has 0 spiro atoms. The zero-order valence-electron chi connectivity index (χ0n) is 8.45. The fourth-order valence-electron chi connectivity index (χ4n) is 1.98. The number of nitrogen functional groups attached to an aromatic ring is 1. The van der Waals surface area contributed by atoms with Crippen LogP contribution in [0.3, 0.4) is 0 Å². The van der Waals surface area contributed by atoms with Crippen LogP contribution in [0.5, 0.6) is 0 Å². The summed E-state index contributed by atoms with van der Waals surface area (Å²) in [6.07, 6.45) is 1.92. The first kappa shape index (κ1) is 9.92. The fraction of sp³-hybridized carbons (Fsp3) is 0.400. The van der Waals surface area contributed by atoms with Crippen molar-refractivity contribution in [3.8, 4) is 0 Å². The maximum atomic E-state index is 11.0. The van der Waals surface area contributed by atoms with Crippen molar-refractivity contribution in [2.75, 3.05) is 5.43 Å². The number of nitrogens with zero attached hydrogens (tertiary/aromatic N) is 1. The van der Waals surface area contributed by atoms with Gasteiger partial charge in [0, 0.05) is 5.69 Å². The first-order valence-corrected chi connectivity index (χ1v) is 4.87. The lowest BCUT2D eigenvalue weighted by molar-refractivity contribution is 0.0697. The summed E-state index contributed by atoms with van der Waals surface area (Å²) in [5.41, 5.74) is 4.47. The van der Waals surface area contributed by atoms with Crippen LogP contribution in [0.1, 0.15) is 40.9 Å². The largest absolute Gasteiger partial charge is 0.478 e. The predicted molar refractivity (Wildman–Crippen MR) is 55.7 cm³/mol. The van der Waals surface area contributed by atoms with Gasteiger partial charge in [-0.25, -0.2) is 15.6 Å². The molecule has 0 fully saturated rings. The SMILES string of the molecule is CC1CCc2nc(NN)c(C(=O)O)cc21. The summed E-state index contributed by atoms with van der Waals surface area (Å²) < 4.78 is 0. The Bertz CT molecular complexity index is 417. The topological polar surface area (TPSA) is 88.2 Å². The average molecular weight is 207 g/mol. The molecule has 0 aliphatic heterocycles. The lowest BCUT2D eigenvalue weighted by Gasteiger charge is -2.09. The molecule has 5 heteroatoms. The van der Waals surface area contributed by atoms with Gasteiger partial charge in [0.05, 0.1) is 0 Å². The van der Waals surface area contributed by atoms with Gasteiger partial charge in [0.2, 0.25) is 0 Å². The molecule has 1 aliphatic rings. The Hall–Kier alpha value is -1.62. The van der Waals surface area contributed by atoms with Gasteiger partial charge in [0.25, 0.3) is 0 Å². The molecule has 5 nitrogen and oxygen atoms in total. The molecule has 15 heavy (non-hydrogen) atoms. The van der Waals surface area contributed by atoms with Gasteiger partial charge in [-0.05, 0) is 30.4 Å². The molecule has 1 heterocycles. The van der Waals surface area contributed by atoms with E-state index in [2.05, 4.69) is 17.3 Å². The van der Waals surface area contributed by atoms with Crippen LogP contribution >= 0.6 is 0 Å². The molecular weight excluding hydrogens is 194 g/mol. The van der Waals surface area contributed by atoms with Crippen molar-refractivity contribution >= 4 is 11.8 Å². The molecule has 0 radical (unpaired) electrons. The molecule has 4 N–H and O–H groups in total. The molecule has 80 valence electrons. The summed E-state index contributed by atoms with van der Waals surface area (Å²) in [4.78, 5) is 15.2. The number of hydrogen-bond acceptors (Lipinski definition) is 4. The number of hydrogen-bond donors (Lipinski definition) is 3. The number of aryl methyl sites for hydroxylation is 1. The van der Waals surface area contributed by atoms with Gasteiger partial charge in [0.15, 0.2) is 5.82 Å². The van der Waals surface area contributed by atoms with Crippen LogP contribution in [-0.2, 0) is 6.42 Å². The van der Waals surface area contributed by atoms with Gasteiger partial charge in [-0.1, -0.05) is 6.92 Å². The van der Waals surface area contributed by atoms with E-state index in [9.17, 15) is 4.79 Å². The number of nitrogens with one attached hydrogen (secondary N) is 1. The van der Waals surface area contributed by atoms with Crippen LogP contribution in [0.25, 0.3) is 0 Å². The van der Waals surface area contributed by atoms with Gasteiger partial charge in [-0.15, -0.1) is 0 Å². The highest BCUT2D eigenvalue weighted by molar-refractivity contribution is 5.93. The number of nitrogens with two attached hydrogens (primary N) is 1. The lowest BCUT2D eigenvalue weighted by Crippen LogP contribution is -2.15. The third-order valence-electron chi connectivity index (χ3n) is 2.85. The van der Waals surface area contributed by atoms with E-state index in [0.29, 0.717) is 5.92 Å². The van der Waals surface area contributed by atoms with Gasteiger partial charge in [-0.3, -0.25) is 0 Å². The molecule has 0 saturated heterocycles. The molecule has 0 amide bonds. The molecule has 1 unspecified atom stereocenters. The summed E-state index contributed by atoms with van der Waals surface area (Å²) in [6.45, 7) is 2.08. The highest BCUT2D eigenvalue weighted by Gasteiger charge is 2.24. The van der Waals surface area contributed by atoms with Crippen LogP contribution < -0.4 is 11.3 Å². The quantitative estimate of drug-likeness (QED) is 0.499. The lowest BCUT2D eigenvalue weighted by atomic mass is 10.0. The number of hydrazine groups is 1. The second-order valence-corrected chi connectivity index (χ2v) is 3.81. The summed E-state index contributed by atoms with van der Waals surface area (Å²) in [5.74, 6) is 4.87. The summed E-state index contributed by atoms with van der Waals surface area (Å²) >= 11 is 0. The number of aromatic carboxylic acids is 1. The summed E-state index contributed by atoms with van der Waals surface area (Å²) in [5, 5.41) is 8.98. The first-order valence-electron chi connectivity index (χ1n) is 4.87. The highest BCUT2D eigenvalue weighted by Crippen LogP contribution is 2.33. The van der Waals surface area contributed by atoms with Gasteiger partial charge in [0.1, 0.15) is 5.56 Å². The highest BCUT2D eigenvalue weighted by atomic mass is 16.4. The molecule has 1 aromatic rings. The smallest absolute Gasteiger partial charge is 0.339 e. The zero-order valence-corrected chi connectivity index (χ0v) is 8.45. The van der Waals surface area contributed by atoms with E-state index in [1.165, 1.54) is 0 Å². The fourth-order valence-corrected chi connectivity index (χ4v) is 1.98. The molecule has 0 saturated carbocycles. The Balaban J connectivity index is 2.56. The van der Waals surface area contributed by atoms with E-state index in [1.54, 1.807) is 6.07 Å². The molecule has 0 bridgehead atoms. The van der Waals surface area contributed by atoms with E-state index in [1.807, 2.05) is 0 Å². The number of pyridine rings is 1. The van der Waals surface area contributed by atoms with Crippen molar-refractivity contribution in [3.63, 3.8) is 0 Å². The number of carboxylic acids is 1. The van der Waals surface area contributed by atoms with Crippen molar-refractivity contribution < 1.29 is 9.90 Å². The number of carboxylic acid groups (broad SMARTS) is 1. The standard InChI is InChI=1S/C10H13N3O2/c1-5-2-3-8-6(5)4-7(10(14)15)9(12-8)13-11/h4-5H,2-3,11H2,1H3,(H,12,13)(H,14,15). The summed E-state index contributed by atoms with van der Waals surface area (Å²) in [7, 11) is 0. The van der Waals surface area contributed by atoms with Gasteiger partial charge in [-0.2, -0.15) is 0 Å². The number of carbonyl (C=O) groups is 1. The van der Waals surface area contributed by atoms with Crippen LogP contribution in [-0.4, -0.2) is 16.1 Å². The van der Waals surface area contributed by atoms with Crippen molar-refractivity contribution in [2.24, 2.45) is 5.84 Å². The molecule has 1 atom stereocenters. The third-order valence-corrected chi connectivity index (χ3v) is 2.85.